The molecule has 1 saturated heterocycles. The second-order valence-corrected chi connectivity index (χ2v) is 8.17. The summed E-state index contributed by atoms with van der Waals surface area (Å²) in [5.74, 6) is 1.09. The minimum absolute atomic E-state index is 0.190. The van der Waals surface area contributed by atoms with Crippen molar-refractivity contribution >= 4 is 34.6 Å². The van der Waals surface area contributed by atoms with Crippen molar-refractivity contribution in [3.63, 3.8) is 0 Å². The normalized spacial score (nSPS) is 18.3. The van der Waals surface area contributed by atoms with E-state index >= 15 is 0 Å². The van der Waals surface area contributed by atoms with Gasteiger partial charge in [-0.3, -0.25) is 4.79 Å². The van der Waals surface area contributed by atoms with Gasteiger partial charge in [0.15, 0.2) is 5.11 Å². The number of hydrogen-bond donors (Lipinski definition) is 2. The average Bonchev–Trinajstić information content (AvgIpc) is 3.15. The number of rotatable bonds is 4. The third-order valence-corrected chi connectivity index (χ3v) is 6.02. The molecule has 29 heavy (non-hydrogen) atoms. The number of nitrogens with one attached hydrogen (secondary N) is 2. The smallest absolute Gasteiger partial charge is 0.227 e. The fourth-order valence-corrected chi connectivity index (χ4v) is 4.53. The molecule has 152 valence electrons. The van der Waals surface area contributed by atoms with E-state index in [-0.39, 0.29) is 11.9 Å². The Balaban J connectivity index is 1.46. The van der Waals surface area contributed by atoms with Crippen LogP contribution in [0.3, 0.4) is 0 Å². The number of benzene rings is 2. The molecule has 5 nitrogen and oxygen atoms in total. The summed E-state index contributed by atoms with van der Waals surface area (Å²) in [5, 5.41) is 7.38. The van der Waals surface area contributed by atoms with Crippen LogP contribution in [-0.4, -0.2) is 24.7 Å². The van der Waals surface area contributed by atoms with Crippen LogP contribution in [0.5, 0.6) is 5.75 Å². The molecule has 1 aliphatic heterocycles. The molecule has 2 aliphatic rings. The summed E-state index contributed by atoms with van der Waals surface area (Å²) in [6.45, 7) is 2.82. The number of hydrogen-bond acceptors (Lipinski definition) is 3. The third-order valence-electron chi connectivity index (χ3n) is 5.80. The molecule has 1 heterocycles. The Bertz CT molecular complexity index is 944. The van der Waals surface area contributed by atoms with Crippen LogP contribution in [0.25, 0.3) is 0 Å². The van der Waals surface area contributed by atoms with Crippen molar-refractivity contribution in [1.82, 2.24) is 5.32 Å². The first-order valence-electron chi connectivity index (χ1n) is 10.2. The summed E-state index contributed by atoms with van der Waals surface area (Å²) in [6.07, 6.45) is 4.77. The highest BCUT2D eigenvalue weighted by Crippen LogP contribution is 2.32. The summed E-state index contributed by atoms with van der Waals surface area (Å²) in [6, 6.07) is 12.5. The predicted molar refractivity (Wildman–Crippen MR) is 121 cm³/mol. The number of anilines is 2. The first kappa shape index (κ1) is 19.7. The lowest BCUT2D eigenvalue weighted by Gasteiger charge is -2.28. The second kappa shape index (κ2) is 8.41. The van der Waals surface area contributed by atoms with Crippen LogP contribution in [-0.2, 0) is 11.2 Å². The van der Waals surface area contributed by atoms with Crippen LogP contribution >= 0.6 is 12.2 Å². The van der Waals surface area contributed by atoms with Crippen molar-refractivity contribution in [3.05, 3.63) is 53.1 Å². The standard InChI is InChI=1S/C23H27N3O2S/c1-15-8-9-17(14-21(15)26-12-4-7-22(26)27)24-23(29)25-20-6-3-5-16-13-18(28-2)10-11-19(16)20/h8-11,13-14,20H,3-7,12H2,1-2H3,(H2,24,25,29)/t20-/m1/s1. The van der Waals surface area contributed by atoms with E-state index < -0.39 is 0 Å². The van der Waals surface area contributed by atoms with E-state index in [1.165, 1.54) is 11.1 Å². The monoisotopic (exact) mass is 409 g/mol. The van der Waals surface area contributed by atoms with Gasteiger partial charge in [0.05, 0.1) is 13.2 Å². The highest BCUT2D eigenvalue weighted by Gasteiger charge is 2.24. The van der Waals surface area contributed by atoms with E-state index in [0.29, 0.717) is 11.5 Å². The minimum atomic E-state index is 0.190. The van der Waals surface area contributed by atoms with Gasteiger partial charge in [0.1, 0.15) is 5.75 Å². The Morgan fingerprint density at radius 3 is 2.79 bits per heavy atom. The number of nitrogens with zero attached hydrogens (tertiary/aromatic N) is 1. The molecular formula is C23H27N3O2S. The summed E-state index contributed by atoms with van der Waals surface area (Å²) in [4.78, 5) is 14.0. The Kier molecular flexibility index (Phi) is 5.72. The van der Waals surface area contributed by atoms with Crippen LogP contribution in [0.2, 0.25) is 0 Å². The van der Waals surface area contributed by atoms with Gasteiger partial charge >= 0.3 is 0 Å². The van der Waals surface area contributed by atoms with Crippen LogP contribution in [0.1, 0.15) is 48.4 Å². The van der Waals surface area contributed by atoms with E-state index in [4.69, 9.17) is 17.0 Å². The molecule has 0 unspecified atom stereocenters. The van der Waals surface area contributed by atoms with E-state index in [0.717, 1.165) is 54.9 Å². The maximum Gasteiger partial charge on any atom is 0.227 e. The summed E-state index contributed by atoms with van der Waals surface area (Å²) >= 11 is 5.60. The number of amides is 1. The van der Waals surface area contributed by atoms with E-state index in [1.807, 2.05) is 36.1 Å². The van der Waals surface area contributed by atoms with Crippen molar-refractivity contribution in [2.24, 2.45) is 0 Å². The number of aryl methyl sites for hydroxylation is 2. The molecule has 2 aromatic rings. The van der Waals surface area contributed by atoms with Crippen LogP contribution in [0.4, 0.5) is 11.4 Å². The predicted octanol–water partition coefficient (Wildman–Crippen LogP) is 4.49. The Morgan fingerprint density at radius 2 is 2.03 bits per heavy atom. The molecule has 1 amide bonds. The molecule has 1 aliphatic carbocycles. The average molecular weight is 410 g/mol. The number of carbonyl (C=O) groups excluding carboxylic acids is 1. The van der Waals surface area contributed by atoms with Gasteiger partial charge < -0.3 is 20.3 Å². The topological polar surface area (TPSA) is 53.6 Å². The lowest BCUT2D eigenvalue weighted by Crippen LogP contribution is -2.34. The molecule has 6 heteroatoms. The first-order valence-corrected chi connectivity index (χ1v) is 10.6. The van der Waals surface area contributed by atoms with Gasteiger partial charge in [-0.25, -0.2) is 0 Å². The van der Waals surface area contributed by atoms with Gasteiger partial charge in [0, 0.05) is 24.3 Å². The Hall–Kier alpha value is -2.60. The van der Waals surface area contributed by atoms with Crippen molar-refractivity contribution in [3.8, 4) is 5.75 Å². The zero-order chi connectivity index (χ0) is 20.4. The fourth-order valence-electron chi connectivity index (χ4n) is 4.27. The highest BCUT2D eigenvalue weighted by molar-refractivity contribution is 7.80. The Morgan fingerprint density at radius 1 is 1.17 bits per heavy atom. The molecule has 2 N–H and O–H groups in total. The quantitative estimate of drug-likeness (QED) is 0.729. The molecule has 0 aromatic heterocycles. The largest absolute Gasteiger partial charge is 0.497 e. The first-order chi connectivity index (χ1) is 14.0. The summed E-state index contributed by atoms with van der Waals surface area (Å²) in [5.41, 5.74) is 5.57. The third kappa shape index (κ3) is 4.22. The molecular weight excluding hydrogens is 382 g/mol. The van der Waals surface area contributed by atoms with Gasteiger partial charge in [-0.05, 0) is 85.8 Å². The van der Waals surface area contributed by atoms with Gasteiger partial charge in [-0.15, -0.1) is 0 Å². The zero-order valence-electron chi connectivity index (χ0n) is 17.0. The van der Waals surface area contributed by atoms with Gasteiger partial charge in [0.2, 0.25) is 5.91 Å². The molecule has 2 aromatic carbocycles. The highest BCUT2D eigenvalue weighted by atomic mass is 32.1. The second-order valence-electron chi connectivity index (χ2n) is 7.76. The summed E-state index contributed by atoms with van der Waals surface area (Å²) < 4.78 is 5.36. The SMILES string of the molecule is COc1ccc2c(c1)CCC[C@H]2NC(=S)Nc1ccc(C)c(N2CCCC2=O)c1. The van der Waals surface area contributed by atoms with Gasteiger partial charge in [-0.1, -0.05) is 12.1 Å². The maximum atomic E-state index is 12.1. The number of thiocarbonyl (C=S) groups is 1. The van der Waals surface area contributed by atoms with Crippen LogP contribution in [0, 0.1) is 6.92 Å². The Labute approximate surface area is 177 Å². The number of ether oxygens (including phenoxy) is 1. The fraction of sp³-hybridized carbons (Fsp3) is 0.391. The van der Waals surface area contributed by atoms with Gasteiger partial charge in [0.25, 0.3) is 0 Å². The number of carbonyl (C=O) groups is 1. The van der Waals surface area contributed by atoms with Crippen molar-refractivity contribution in [2.45, 2.75) is 45.1 Å². The molecule has 0 spiro atoms. The summed E-state index contributed by atoms with van der Waals surface area (Å²) in [7, 11) is 1.70. The lowest BCUT2D eigenvalue weighted by atomic mass is 9.87. The molecule has 1 fully saturated rings. The zero-order valence-corrected chi connectivity index (χ0v) is 17.8. The van der Waals surface area contributed by atoms with Crippen LogP contribution in [0.15, 0.2) is 36.4 Å². The van der Waals surface area contributed by atoms with Crippen molar-refractivity contribution in [1.29, 1.82) is 0 Å². The molecule has 0 saturated carbocycles. The van der Waals surface area contributed by atoms with E-state index in [2.05, 4.69) is 22.8 Å². The van der Waals surface area contributed by atoms with Crippen molar-refractivity contribution in [2.75, 3.05) is 23.9 Å². The van der Waals surface area contributed by atoms with E-state index in [9.17, 15) is 4.79 Å². The molecule has 0 radical (unpaired) electrons. The van der Waals surface area contributed by atoms with Crippen LogP contribution < -0.4 is 20.3 Å². The molecule has 0 bridgehead atoms. The number of methoxy groups -OCH3 is 1. The minimum Gasteiger partial charge on any atom is -0.497 e. The van der Waals surface area contributed by atoms with E-state index in [1.54, 1.807) is 7.11 Å². The molecule has 1 atom stereocenters. The lowest BCUT2D eigenvalue weighted by molar-refractivity contribution is -0.117. The number of fused-ring (bicyclic) bond motifs is 1. The van der Waals surface area contributed by atoms with Gasteiger partial charge in [-0.2, -0.15) is 0 Å². The van der Waals surface area contributed by atoms with Crippen molar-refractivity contribution < 1.29 is 9.53 Å². The maximum absolute atomic E-state index is 12.1. The molecule has 4 rings (SSSR count).